The molecule has 6 aliphatic rings. The van der Waals surface area contributed by atoms with E-state index < -0.39 is 5.41 Å². The molecular weight excluding hydrogens is 288 g/mol. The molecule has 6 saturated carbocycles. The SMILES string of the molecule is COC12CCCC(C)C3CC(=O)C45CCC(CC4=O)CC5C31C2. The number of ketones is 2. The molecule has 6 aliphatic carbocycles. The summed E-state index contributed by atoms with van der Waals surface area (Å²) in [6.45, 7) is 2.34. The molecule has 6 rings (SSSR count). The van der Waals surface area contributed by atoms with E-state index in [0.29, 0.717) is 36.4 Å². The van der Waals surface area contributed by atoms with Crippen LogP contribution in [0.3, 0.4) is 0 Å². The topological polar surface area (TPSA) is 43.4 Å². The lowest BCUT2D eigenvalue weighted by molar-refractivity contribution is -0.176. The molecule has 2 spiro atoms. The van der Waals surface area contributed by atoms with Crippen LogP contribution >= 0.6 is 0 Å². The monoisotopic (exact) mass is 316 g/mol. The Labute approximate surface area is 138 Å². The van der Waals surface area contributed by atoms with Crippen molar-refractivity contribution >= 4 is 11.6 Å². The summed E-state index contributed by atoms with van der Waals surface area (Å²) in [5.74, 6) is 2.43. The van der Waals surface area contributed by atoms with E-state index in [4.69, 9.17) is 4.74 Å². The predicted octanol–water partition coefficient (Wildman–Crippen LogP) is 3.55. The minimum Gasteiger partial charge on any atom is -0.378 e. The van der Waals surface area contributed by atoms with Crippen molar-refractivity contribution in [3.63, 3.8) is 0 Å². The molecule has 0 aliphatic heterocycles. The van der Waals surface area contributed by atoms with Gasteiger partial charge in [0, 0.05) is 25.4 Å². The Morgan fingerprint density at radius 3 is 2.61 bits per heavy atom. The molecule has 0 aromatic rings. The molecule has 0 saturated heterocycles. The molecule has 2 bridgehead atoms. The van der Waals surface area contributed by atoms with Crippen LogP contribution in [0.5, 0.6) is 0 Å². The van der Waals surface area contributed by atoms with Crippen molar-refractivity contribution in [3.05, 3.63) is 0 Å². The van der Waals surface area contributed by atoms with Crippen molar-refractivity contribution in [3.8, 4) is 0 Å². The molecule has 7 unspecified atom stereocenters. The summed E-state index contributed by atoms with van der Waals surface area (Å²) in [5.41, 5.74) is -0.519. The molecule has 0 aromatic carbocycles. The number of hydrogen-bond donors (Lipinski definition) is 0. The molecule has 6 fully saturated rings. The minimum absolute atomic E-state index is 0.0292. The summed E-state index contributed by atoms with van der Waals surface area (Å²) in [7, 11) is 1.87. The zero-order valence-electron chi connectivity index (χ0n) is 14.4. The van der Waals surface area contributed by atoms with Crippen LogP contribution in [0, 0.1) is 34.5 Å². The molecule has 0 heterocycles. The molecule has 3 nitrogen and oxygen atoms in total. The van der Waals surface area contributed by atoms with Crippen molar-refractivity contribution in [2.75, 3.05) is 7.11 Å². The van der Waals surface area contributed by atoms with Gasteiger partial charge in [0.05, 0.1) is 11.0 Å². The van der Waals surface area contributed by atoms with Gasteiger partial charge in [0.2, 0.25) is 0 Å². The Balaban J connectivity index is 1.68. The largest absolute Gasteiger partial charge is 0.378 e. The molecule has 23 heavy (non-hydrogen) atoms. The summed E-state index contributed by atoms with van der Waals surface area (Å²) in [4.78, 5) is 26.2. The normalized spacial score (nSPS) is 57.3. The maximum atomic E-state index is 13.2. The predicted molar refractivity (Wildman–Crippen MR) is 85.8 cm³/mol. The smallest absolute Gasteiger partial charge is 0.147 e. The highest BCUT2D eigenvalue weighted by Crippen LogP contribution is 2.80. The maximum Gasteiger partial charge on any atom is 0.147 e. The van der Waals surface area contributed by atoms with Crippen LogP contribution in [0.15, 0.2) is 0 Å². The number of carbonyl (C=O) groups is 2. The average molecular weight is 316 g/mol. The third kappa shape index (κ3) is 1.44. The van der Waals surface area contributed by atoms with Gasteiger partial charge in [0.15, 0.2) is 0 Å². The van der Waals surface area contributed by atoms with Crippen LogP contribution in [0.2, 0.25) is 0 Å². The third-order valence-electron chi connectivity index (χ3n) is 8.89. The molecule has 3 heteroatoms. The fourth-order valence-electron chi connectivity index (χ4n) is 7.83. The number of fused-ring (bicyclic) bond motifs is 2. The van der Waals surface area contributed by atoms with Crippen LogP contribution in [-0.2, 0) is 14.3 Å². The number of rotatable bonds is 1. The lowest BCUT2D eigenvalue weighted by atomic mass is 9.42. The number of Topliss-reactive ketones (excluding diaryl/α,β-unsaturated/α-hetero) is 2. The number of hydrogen-bond acceptors (Lipinski definition) is 3. The summed E-state index contributed by atoms with van der Waals surface area (Å²) in [6.07, 6.45) is 8.98. The number of methoxy groups -OCH3 is 1. The number of carbonyl (C=O) groups excluding carboxylic acids is 2. The first-order valence-electron chi connectivity index (χ1n) is 9.62. The summed E-state index contributed by atoms with van der Waals surface area (Å²) in [5, 5.41) is 0. The van der Waals surface area contributed by atoms with Gasteiger partial charge in [-0.05, 0) is 55.8 Å². The molecular formula is C20H28O3. The van der Waals surface area contributed by atoms with Crippen molar-refractivity contribution in [1.82, 2.24) is 0 Å². The second kappa shape index (κ2) is 4.28. The highest BCUT2D eigenvalue weighted by Gasteiger charge is 2.82. The van der Waals surface area contributed by atoms with Crippen LogP contribution in [0.4, 0.5) is 0 Å². The van der Waals surface area contributed by atoms with E-state index in [9.17, 15) is 9.59 Å². The molecule has 0 aromatic heterocycles. The van der Waals surface area contributed by atoms with E-state index in [-0.39, 0.29) is 22.7 Å². The van der Waals surface area contributed by atoms with Gasteiger partial charge in [0.1, 0.15) is 11.6 Å². The summed E-state index contributed by atoms with van der Waals surface area (Å²) in [6, 6.07) is 0. The van der Waals surface area contributed by atoms with Gasteiger partial charge in [0.25, 0.3) is 0 Å². The fraction of sp³-hybridized carbons (Fsp3) is 0.900. The van der Waals surface area contributed by atoms with Crippen molar-refractivity contribution < 1.29 is 14.3 Å². The average Bonchev–Trinajstić information content (AvgIpc) is 3.22. The lowest BCUT2D eigenvalue weighted by Crippen LogP contribution is -2.63. The van der Waals surface area contributed by atoms with Gasteiger partial charge in [-0.2, -0.15) is 0 Å². The molecule has 0 radical (unpaired) electrons. The van der Waals surface area contributed by atoms with Crippen LogP contribution < -0.4 is 0 Å². The van der Waals surface area contributed by atoms with Crippen molar-refractivity contribution in [2.24, 2.45) is 34.5 Å². The van der Waals surface area contributed by atoms with Crippen LogP contribution in [0.1, 0.15) is 64.7 Å². The highest BCUT2D eigenvalue weighted by atomic mass is 16.5. The quantitative estimate of drug-likeness (QED) is 0.695. The Hall–Kier alpha value is -0.700. The van der Waals surface area contributed by atoms with E-state index >= 15 is 0 Å². The standard InChI is InChI=1S/C20H28O3/c1-12-4-3-6-18(23-2)11-20(18)14(12)10-17(22)19-7-5-13(8-15(19)20)9-16(19)21/h12-15H,3-11H2,1-2H3. The highest BCUT2D eigenvalue weighted by molar-refractivity contribution is 6.09. The lowest BCUT2D eigenvalue weighted by Gasteiger charge is -2.59. The van der Waals surface area contributed by atoms with E-state index in [2.05, 4.69) is 6.92 Å². The molecule has 126 valence electrons. The van der Waals surface area contributed by atoms with Crippen molar-refractivity contribution in [2.45, 2.75) is 70.3 Å². The first-order chi connectivity index (χ1) is 11.0. The molecule has 7 atom stereocenters. The van der Waals surface area contributed by atoms with Crippen LogP contribution in [-0.4, -0.2) is 24.3 Å². The van der Waals surface area contributed by atoms with Gasteiger partial charge >= 0.3 is 0 Å². The van der Waals surface area contributed by atoms with E-state index in [1.165, 1.54) is 12.8 Å². The second-order valence-corrected chi connectivity index (χ2v) is 9.31. The van der Waals surface area contributed by atoms with E-state index in [0.717, 1.165) is 32.1 Å². The Morgan fingerprint density at radius 1 is 1.09 bits per heavy atom. The maximum absolute atomic E-state index is 13.2. The van der Waals surface area contributed by atoms with Gasteiger partial charge in [-0.1, -0.05) is 19.8 Å². The molecule has 0 amide bonds. The zero-order chi connectivity index (χ0) is 16.0. The minimum atomic E-state index is -0.615. The third-order valence-corrected chi connectivity index (χ3v) is 8.89. The van der Waals surface area contributed by atoms with Gasteiger partial charge in [-0.3, -0.25) is 9.59 Å². The summed E-state index contributed by atoms with van der Waals surface area (Å²) < 4.78 is 6.14. The fourth-order valence-corrected chi connectivity index (χ4v) is 7.83. The van der Waals surface area contributed by atoms with Crippen LogP contribution in [0.25, 0.3) is 0 Å². The second-order valence-electron chi connectivity index (χ2n) is 9.31. The Kier molecular flexibility index (Phi) is 2.72. The Morgan fingerprint density at radius 2 is 1.87 bits per heavy atom. The Bertz CT molecular complexity index is 598. The van der Waals surface area contributed by atoms with Gasteiger partial charge < -0.3 is 4.74 Å². The molecule has 0 N–H and O–H groups in total. The van der Waals surface area contributed by atoms with E-state index in [1.54, 1.807) is 0 Å². The van der Waals surface area contributed by atoms with E-state index in [1.807, 2.05) is 7.11 Å². The number of ether oxygens (including phenoxy) is 1. The first kappa shape index (κ1) is 14.6. The van der Waals surface area contributed by atoms with Gasteiger partial charge in [-0.15, -0.1) is 0 Å². The van der Waals surface area contributed by atoms with Crippen molar-refractivity contribution in [1.29, 1.82) is 0 Å². The zero-order valence-corrected chi connectivity index (χ0v) is 14.4. The summed E-state index contributed by atoms with van der Waals surface area (Å²) >= 11 is 0. The first-order valence-corrected chi connectivity index (χ1v) is 9.62. The van der Waals surface area contributed by atoms with Gasteiger partial charge in [-0.25, -0.2) is 0 Å².